The van der Waals surface area contributed by atoms with Crippen LogP contribution in [0, 0.1) is 5.41 Å². The number of allylic oxidation sites excluding steroid dienone is 1. The lowest BCUT2D eigenvalue weighted by atomic mass is 9.84. The summed E-state index contributed by atoms with van der Waals surface area (Å²) in [6.45, 7) is 13.8. The minimum Gasteiger partial charge on any atom is -0.494 e. The van der Waals surface area contributed by atoms with E-state index in [0.29, 0.717) is 5.41 Å². The van der Waals surface area contributed by atoms with Crippen molar-refractivity contribution in [2.45, 2.75) is 71.6 Å². The molecule has 0 atom stereocenters. The SMILES string of the molecule is C=C(C)c1ccc(OCCCCCCOc2ccc(-c3ccc(OCCCCCCOCC4(CC)COC4)cc3)cc2)cc1. The van der Waals surface area contributed by atoms with Gasteiger partial charge in [0.1, 0.15) is 17.2 Å². The van der Waals surface area contributed by atoms with Crippen LogP contribution in [0.15, 0.2) is 79.4 Å². The van der Waals surface area contributed by atoms with E-state index in [4.69, 9.17) is 23.7 Å². The van der Waals surface area contributed by atoms with Gasteiger partial charge in [0, 0.05) is 12.0 Å². The highest BCUT2D eigenvalue weighted by Gasteiger charge is 2.36. The van der Waals surface area contributed by atoms with E-state index in [1.54, 1.807) is 0 Å². The summed E-state index contributed by atoms with van der Waals surface area (Å²) in [5.41, 5.74) is 4.87. The van der Waals surface area contributed by atoms with E-state index < -0.39 is 0 Å². The lowest BCUT2D eigenvalue weighted by molar-refractivity contribution is -0.150. The molecule has 1 heterocycles. The van der Waals surface area contributed by atoms with Gasteiger partial charge in [-0.15, -0.1) is 0 Å². The number of ether oxygens (including phenoxy) is 5. The third-order valence-electron chi connectivity index (χ3n) is 8.39. The second kappa shape index (κ2) is 18.5. The molecule has 1 aliphatic heterocycles. The Labute approximate surface area is 265 Å². The van der Waals surface area contributed by atoms with Crippen LogP contribution >= 0.6 is 0 Å². The molecule has 238 valence electrons. The summed E-state index contributed by atoms with van der Waals surface area (Å²) in [5, 5.41) is 0. The van der Waals surface area contributed by atoms with E-state index in [2.05, 4.69) is 74.2 Å². The fraction of sp³-hybridized carbons (Fsp3) is 0.487. The molecule has 5 nitrogen and oxygen atoms in total. The molecule has 3 aromatic rings. The number of hydrogen-bond donors (Lipinski definition) is 0. The van der Waals surface area contributed by atoms with Crippen LogP contribution in [0.5, 0.6) is 17.2 Å². The van der Waals surface area contributed by atoms with E-state index in [9.17, 15) is 0 Å². The van der Waals surface area contributed by atoms with Gasteiger partial charge >= 0.3 is 0 Å². The molecule has 1 fully saturated rings. The lowest BCUT2D eigenvalue weighted by Gasteiger charge is -2.40. The summed E-state index contributed by atoms with van der Waals surface area (Å²) in [5.74, 6) is 2.76. The minimum atomic E-state index is 0.290. The van der Waals surface area contributed by atoms with E-state index in [1.807, 2.05) is 19.1 Å². The number of hydrogen-bond acceptors (Lipinski definition) is 5. The van der Waals surface area contributed by atoms with E-state index in [0.717, 1.165) is 120 Å². The molecule has 5 heteroatoms. The summed E-state index contributed by atoms with van der Waals surface area (Å²) in [7, 11) is 0. The van der Waals surface area contributed by atoms with Crippen LogP contribution in [0.25, 0.3) is 16.7 Å². The Hall–Kier alpha value is -3.28. The maximum atomic E-state index is 5.97. The largest absolute Gasteiger partial charge is 0.494 e. The van der Waals surface area contributed by atoms with Gasteiger partial charge in [-0.25, -0.2) is 0 Å². The Morgan fingerprint density at radius 3 is 1.39 bits per heavy atom. The quantitative estimate of drug-likeness (QED) is 0.107. The van der Waals surface area contributed by atoms with E-state index >= 15 is 0 Å². The van der Waals surface area contributed by atoms with Crippen LogP contribution in [-0.4, -0.2) is 46.2 Å². The van der Waals surface area contributed by atoms with Gasteiger partial charge in [-0.2, -0.15) is 0 Å². The van der Waals surface area contributed by atoms with Gasteiger partial charge in [0.25, 0.3) is 0 Å². The molecule has 1 aliphatic rings. The summed E-state index contributed by atoms with van der Waals surface area (Å²) >= 11 is 0. The first-order chi connectivity index (χ1) is 21.6. The van der Waals surface area contributed by atoms with E-state index in [1.165, 1.54) is 24.0 Å². The molecule has 1 saturated heterocycles. The molecule has 0 radical (unpaired) electrons. The fourth-order valence-electron chi connectivity index (χ4n) is 5.18. The molecule has 0 aromatic heterocycles. The third kappa shape index (κ3) is 11.3. The molecule has 0 unspecified atom stereocenters. The van der Waals surface area contributed by atoms with Crippen molar-refractivity contribution in [1.29, 1.82) is 0 Å². The third-order valence-corrected chi connectivity index (χ3v) is 8.39. The predicted octanol–water partition coefficient (Wildman–Crippen LogP) is 9.79. The molecule has 0 aliphatic carbocycles. The Balaban J connectivity index is 1.00. The second-order valence-electron chi connectivity index (χ2n) is 12.1. The minimum absolute atomic E-state index is 0.290. The maximum absolute atomic E-state index is 5.97. The Kier molecular flexibility index (Phi) is 14.1. The zero-order valence-corrected chi connectivity index (χ0v) is 27.0. The molecule has 3 aromatic carbocycles. The normalized spacial score (nSPS) is 13.7. The predicted molar refractivity (Wildman–Crippen MR) is 181 cm³/mol. The Morgan fingerprint density at radius 1 is 0.614 bits per heavy atom. The van der Waals surface area contributed by atoms with Crippen LogP contribution in [0.1, 0.15) is 77.2 Å². The second-order valence-corrected chi connectivity index (χ2v) is 12.1. The molecule has 0 amide bonds. The highest BCUT2D eigenvalue weighted by atomic mass is 16.5. The summed E-state index contributed by atoms with van der Waals surface area (Å²) in [4.78, 5) is 0. The van der Waals surface area contributed by atoms with Crippen LogP contribution in [-0.2, 0) is 9.47 Å². The number of benzene rings is 3. The van der Waals surface area contributed by atoms with Crippen molar-refractivity contribution in [3.8, 4) is 28.4 Å². The highest BCUT2D eigenvalue weighted by Crippen LogP contribution is 2.31. The highest BCUT2D eigenvalue weighted by molar-refractivity contribution is 5.65. The average molecular weight is 601 g/mol. The van der Waals surface area contributed by atoms with Crippen molar-refractivity contribution in [3.63, 3.8) is 0 Å². The van der Waals surface area contributed by atoms with Crippen LogP contribution in [0.4, 0.5) is 0 Å². The Morgan fingerprint density at radius 2 is 1.02 bits per heavy atom. The zero-order valence-electron chi connectivity index (χ0n) is 27.0. The molecule has 0 spiro atoms. The molecule has 0 bridgehead atoms. The van der Waals surface area contributed by atoms with Crippen molar-refractivity contribution in [2.24, 2.45) is 5.41 Å². The first-order valence-electron chi connectivity index (χ1n) is 16.6. The van der Waals surface area contributed by atoms with Crippen molar-refractivity contribution >= 4 is 5.57 Å². The van der Waals surface area contributed by atoms with Crippen molar-refractivity contribution in [1.82, 2.24) is 0 Å². The van der Waals surface area contributed by atoms with Gasteiger partial charge in [0.15, 0.2) is 0 Å². The van der Waals surface area contributed by atoms with Gasteiger partial charge in [0.05, 0.1) is 39.6 Å². The van der Waals surface area contributed by atoms with Crippen LogP contribution in [0.2, 0.25) is 0 Å². The molecule has 0 saturated carbocycles. The van der Waals surface area contributed by atoms with Gasteiger partial charge < -0.3 is 23.7 Å². The molecule has 4 rings (SSSR count). The lowest BCUT2D eigenvalue weighted by Crippen LogP contribution is -2.45. The van der Waals surface area contributed by atoms with Crippen molar-refractivity contribution in [3.05, 3.63) is 84.9 Å². The molecule has 44 heavy (non-hydrogen) atoms. The zero-order chi connectivity index (χ0) is 30.9. The smallest absolute Gasteiger partial charge is 0.119 e. The Bertz CT molecular complexity index is 1210. The monoisotopic (exact) mass is 600 g/mol. The number of rotatable bonds is 22. The summed E-state index contributed by atoms with van der Waals surface area (Å²) < 4.78 is 29.0. The molecular formula is C39H52O5. The van der Waals surface area contributed by atoms with Gasteiger partial charge in [-0.3, -0.25) is 0 Å². The van der Waals surface area contributed by atoms with Crippen molar-refractivity contribution < 1.29 is 23.7 Å². The molecular weight excluding hydrogens is 548 g/mol. The first kappa shape index (κ1) is 33.6. The standard InChI is InChI=1S/C39H52O5/c1-4-39(30-41-31-39)29-40-25-9-5-6-10-26-43-37-21-15-34(16-22-37)35-17-23-38(24-18-35)44-28-12-8-7-11-27-42-36-19-13-33(14-20-36)32(2)3/h13-24H,2,4-12,25-31H2,1,3H3. The average Bonchev–Trinajstić information content (AvgIpc) is 3.03. The van der Waals surface area contributed by atoms with Crippen LogP contribution < -0.4 is 14.2 Å². The maximum Gasteiger partial charge on any atom is 0.119 e. The van der Waals surface area contributed by atoms with E-state index in [-0.39, 0.29) is 0 Å². The van der Waals surface area contributed by atoms with Gasteiger partial charge in [0.2, 0.25) is 0 Å². The topological polar surface area (TPSA) is 46.2 Å². The fourth-order valence-corrected chi connectivity index (χ4v) is 5.18. The van der Waals surface area contributed by atoms with Crippen LogP contribution in [0.3, 0.4) is 0 Å². The number of unbranched alkanes of at least 4 members (excludes halogenated alkanes) is 6. The van der Waals surface area contributed by atoms with Crippen molar-refractivity contribution in [2.75, 3.05) is 46.2 Å². The van der Waals surface area contributed by atoms with Gasteiger partial charge in [-0.1, -0.05) is 61.9 Å². The summed E-state index contributed by atoms with van der Waals surface area (Å²) in [6, 6.07) is 24.9. The van der Waals surface area contributed by atoms with Gasteiger partial charge in [-0.05, 0) is 111 Å². The molecule has 0 N–H and O–H groups in total. The summed E-state index contributed by atoms with van der Waals surface area (Å²) in [6.07, 6.45) is 10.0. The first-order valence-corrected chi connectivity index (χ1v) is 16.6.